The molecule has 0 aliphatic rings. The predicted molar refractivity (Wildman–Crippen MR) is 81.4 cm³/mol. The zero-order chi connectivity index (χ0) is 14.4. The van der Waals surface area contributed by atoms with Gasteiger partial charge in [-0.25, -0.2) is 9.37 Å². The van der Waals surface area contributed by atoms with E-state index < -0.39 is 0 Å². The molecule has 0 radical (unpaired) electrons. The van der Waals surface area contributed by atoms with Gasteiger partial charge in [0.15, 0.2) is 0 Å². The maximum absolute atomic E-state index is 13.3. The second-order valence-corrected chi connectivity index (χ2v) is 5.20. The summed E-state index contributed by atoms with van der Waals surface area (Å²) in [4.78, 5) is 4.29. The molecule has 0 bridgehead atoms. The Morgan fingerprint density at radius 3 is 2.80 bits per heavy atom. The van der Waals surface area contributed by atoms with Gasteiger partial charge in [0.25, 0.3) is 0 Å². The van der Waals surface area contributed by atoms with E-state index in [1.165, 1.54) is 6.07 Å². The van der Waals surface area contributed by atoms with Crippen LogP contribution >= 0.6 is 15.9 Å². The van der Waals surface area contributed by atoms with Crippen molar-refractivity contribution in [2.45, 2.75) is 20.0 Å². The van der Waals surface area contributed by atoms with E-state index in [0.29, 0.717) is 16.8 Å². The van der Waals surface area contributed by atoms with E-state index in [9.17, 15) is 4.39 Å². The van der Waals surface area contributed by atoms with Crippen LogP contribution in [-0.4, -0.2) is 11.5 Å². The largest absolute Gasteiger partial charge is 0.489 e. The van der Waals surface area contributed by atoms with Gasteiger partial charge in [0.05, 0.1) is 4.47 Å². The molecule has 2 rings (SSSR count). The molecule has 1 heterocycles. The summed E-state index contributed by atoms with van der Waals surface area (Å²) in [6, 6.07) is 8.56. The van der Waals surface area contributed by atoms with Crippen LogP contribution < -0.4 is 10.1 Å². The Balaban J connectivity index is 1.91. The normalized spacial score (nSPS) is 10.3. The Morgan fingerprint density at radius 2 is 2.15 bits per heavy atom. The molecule has 0 saturated heterocycles. The van der Waals surface area contributed by atoms with Crippen LogP contribution in [0.25, 0.3) is 0 Å². The van der Waals surface area contributed by atoms with Crippen LogP contribution in [0.2, 0.25) is 0 Å². The van der Waals surface area contributed by atoms with Crippen molar-refractivity contribution in [3.63, 3.8) is 0 Å². The lowest BCUT2D eigenvalue weighted by atomic mass is 10.3. The van der Waals surface area contributed by atoms with Crippen molar-refractivity contribution in [1.29, 1.82) is 0 Å². The van der Waals surface area contributed by atoms with Crippen molar-refractivity contribution >= 4 is 21.7 Å². The fraction of sp³-hybridized carbons (Fsp3) is 0.267. The molecule has 0 atom stereocenters. The zero-order valence-corrected chi connectivity index (χ0v) is 12.8. The SMILES string of the molecule is CCCNc1ccc(COc2ccc(Br)c(F)c2)cn1. The number of benzene rings is 1. The number of ether oxygens (including phenoxy) is 1. The molecular formula is C15H16BrFN2O. The molecule has 0 fully saturated rings. The number of nitrogens with zero attached hydrogens (tertiary/aromatic N) is 1. The first-order valence-electron chi connectivity index (χ1n) is 6.45. The third-order valence-corrected chi connectivity index (χ3v) is 3.32. The van der Waals surface area contributed by atoms with Crippen LogP contribution in [0.5, 0.6) is 5.75 Å². The van der Waals surface area contributed by atoms with E-state index in [2.05, 4.69) is 33.2 Å². The Hall–Kier alpha value is -1.62. The molecule has 106 valence electrons. The number of nitrogens with one attached hydrogen (secondary N) is 1. The second kappa shape index (κ2) is 7.24. The summed E-state index contributed by atoms with van der Waals surface area (Å²) < 4.78 is 19.3. The topological polar surface area (TPSA) is 34.1 Å². The molecule has 0 spiro atoms. The highest BCUT2D eigenvalue weighted by molar-refractivity contribution is 9.10. The minimum absolute atomic E-state index is 0.334. The first-order chi connectivity index (χ1) is 9.69. The maximum Gasteiger partial charge on any atom is 0.141 e. The summed E-state index contributed by atoms with van der Waals surface area (Å²) in [5, 5.41) is 3.20. The molecule has 0 unspecified atom stereocenters. The summed E-state index contributed by atoms with van der Waals surface area (Å²) >= 11 is 3.11. The Labute approximate surface area is 126 Å². The molecule has 1 N–H and O–H groups in total. The second-order valence-electron chi connectivity index (χ2n) is 4.34. The van der Waals surface area contributed by atoms with Gasteiger partial charge >= 0.3 is 0 Å². The summed E-state index contributed by atoms with van der Waals surface area (Å²) in [5.74, 6) is 1.02. The van der Waals surface area contributed by atoms with Crippen LogP contribution in [0, 0.1) is 5.82 Å². The Kier molecular flexibility index (Phi) is 5.35. The van der Waals surface area contributed by atoms with Crippen LogP contribution in [0.1, 0.15) is 18.9 Å². The number of hydrogen-bond donors (Lipinski definition) is 1. The number of aromatic nitrogens is 1. The molecule has 20 heavy (non-hydrogen) atoms. The van der Waals surface area contributed by atoms with Crippen molar-refractivity contribution < 1.29 is 9.13 Å². The average Bonchev–Trinajstić information content (AvgIpc) is 2.47. The van der Waals surface area contributed by atoms with Crippen LogP contribution in [0.3, 0.4) is 0 Å². The van der Waals surface area contributed by atoms with E-state index in [1.54, 1.807) is 18.3 Å². The smallest absolute Gasteiger partial charge is 0.141 e. The maximum atomic E-state index is 13.3. The van der Waals surface area contributed by atoms with Crippen LogP contribution in [-0.2, 0) is 6.61 Å². The number of hydrogen-bond acceptors (Lipinski definition) is 3. The summed E-state index contributed by atoms with van der Waals surface area (Å²) in [6.45, 7) is 3.37. The molecule has 2 aromatic rings. The fourth-order valence-electron chi connectivity index (χ4n) is 1.60. The van der Waals surface area contributed by atoms with Crippen molar-refractivity contribution in [2.75, 3.05) is 11.9 Å². The molecule has 0 aliphatic heterocycles. The van der Waals surface area contributed by atoms with Crippen molar-refractivity contribution in [1.82, 2.24) is 4.98 Å². The lowest BCUT2D eigenvalue weighted by Gasteiger charge is -2.08. The predicted octanol–water partition coefficient (Wildman–Crippen LogP) is 4.38. The Morgan fingerprint density at radius 1 is 1.30 bits per heavy atom. The van der Waals surface area contributed by atoms with Gasteiger partial charge in [0.1, 0.15) is 24.0 Å². The first-order valence-corrected chi connectivity index (χ1v) is 7.25. The van der Waals surface area contributed by atoms with Gasteiger partial charge in [-0.05, 0) is 40.5 Å². The van der Waals surface area contributed by atoms with E-state index in [-0.39, 0.29) is 5.82 Å². The molecular weight excluding hydrogens is 323 g/mol. The van der Waals surface area contributed by atoms with E-state index >= 15 is 0 Å². The van der Waals surface area contributed by atoms with Gasteiger partial charge in [-0.2, -0.15) is 0 Å². The molecule has 0 amide bonds. The quantitative estimate of drug-likeness (QED) is 0.848. The summed E-state index contributed by atoms with van der Waals surface area (Å²) in [7, 11) is 0. The lowest BCUT2D eigenvalue weighted by molar-refractivity contribution is 0.304. The van der Waals surface area contributed by atoms with Gasteiger partial charge in [-0.1, -0.05) is 13.0 Å². The van der Waals surface area contributed by atoms with Gasteiger partial charge < -0.3 is 10.1 Å². The molecule has 3 nitrogen and oxygen atoms in total. The van der Waals surface area contributed by atoms with E-state index in [1.807, 2.05) is 12.1 Å². The van der Waals surface area contributed by atoms with Gasteiger partial charge in [-0.15, -0.1) is 0 Å². The average molecular weight is 339 g/mol. The van der Waals surface area contributed by atoms with Crippen LogP contribution in [0.4, 0.5) is 10.2 Å². The summed E-state index contributed by atoms with van der Waals surface area (Å²) in [6.07, 6.45) is 2.81. The molecule has 0 saturated carbocycles. The number of rotatable bonds is 6. The third-order valence-electron chi connectivity index (χ3n) is 2.68. The highest BCUT2D eigenvalue weighted by Gasteiger charge is 2.02. The third kappa shape index (κ3) is 4.20. The zero-order valence-electron chi connectivity index (χ0n) is 11.2. The number of anilines is 1. The van der Waals surface area contributed by atoms with Crippen molar-refractivity contribution in [2.24, 2.45) is 0 Å². The highest BCUT2D eigenvalue weighted by atomic mass is 79.9. The van der Waals surface area contributed by atoms with Gasteiger partial charge in [0.2, 0.25) is 0 Å². The minimum Gasteiger partial charge on any atom is -0.489 e. The molecule has 1 aromatic heterocycles. The monoisotopic (exact) mass is 338 g/mol. The molecule has 5 heteroatoms. The van der Waals surface area contributed by atoms with Crippen molar-refractivity contribution in [3.8, 4) is 5.75 Å². The standard InChI is InChI=1S/C15H16BrFN2O/c1-2-7-18-15-6-3-11(9-19-15)10-20-12-4-5-13(16)14(17)8-12/h3-6,8-9H,2,7,10H2,1H3,(H,18,19). The molecule has 0 aliphatic carbocycles. The van der Waals surface area contributed by atoms with Crippen LogP contribution in [0.15, 0.2) is 41.0 Å². The molecule has 1 aromatic carbocycles. The first kappa shape index (κ1) is 14.8. The summed E-state index contributed by atoms with van der Waals surface area (Å²) in [5.41, 5.74) is 0.940. The van der Waals surface area contributed by atoms with E-state index in [0.717, 1.165) is 24.3 Å². The van der Waals surface area contributed by atoms with Crippen molar-refractivity contribution in [3.05, 3.63) is 52.4 Å². The van der Waals surface area contributed by atoms with Gasteiger partial charge in [0, 0.05) is 24.4 Å². The van der Waals surface area contributed by atoms with E-state index in [4.69, 9.17) is 4.74 Å². The Bertz CT molecular complexity index is 560. The van der Waals surface area contributed by atoms with Gasteiger partial charge in [-0.3, -0.25) is 0 Å². The number of pyridine rings is 1. The number of halogens is 2. The fourth-order valence-corrected chi connectivity index (χ4v) is 1.85. The minimum atomic E-state index is -0.334. The lowest BCUT2D eigenvalue weighted by Crippen LogP contribution is -2.02. The highest BCUT2D eigenvalue weighted by Crippen LogP contribution is 2.21.